The molecule has 1 aliphatic carbocycles. The third-order valence-corrected chi connectivity index (χ3v) is 9.45. The Morgan fingerprint density at radius 1 is 0.651 bits per heavy atom. The number of amides is 1. The first-order valence-corrected chi connectivity index (χ1v) is 19.4. The monoisotopic (exact) mass is 845 g/mol. The molecule has 0 fully saturated rings. The number of carboxylic acids is 1. The fourth-order valence-electron chi connectivity index (χ4n) is 6.27. The number of benzene rings is 5. The number of hydrogen-bond donors (Lipinski definition) is 3. The molecule has 0 saturated heterocycles. The average molecular weight is 846 g/mol. The van der Waals surface area contributed by atoms with Crippen LogP contribution in [0.1, 0.15) is 43.0 Å². The highest BCUT2D eigenvalue weighted by Gasteiger charge is 2.20. The zero-order valence-electron chi connectivity index (χ0n) is 35.0. The fourth-order valence-corrected chi connectivity index (χ4v) is 6.27. The van der Waals surface area contributed by atoms with E-state index in [-0.39, 0.29) is 11.5 Å². The third kappa shape index (κ3) is 11.5. The van der Waals surface area contributed by atoms with E-state index in [9.17, 15) is 9.59 Å². The van der Waals surface area contributed by atoms with Crippen molar-refractivity contribution in [2.24, 2.45) is 5.73 Å². The van der Waals surface area contributed by atoms with Crippen LogP contribution in [0.5, 0.6) is 34.5 Å². The minimum atomic E-state index is -1.05. The summed E-state index contributed by atoms with van der Waals surface area (Å²) >= 11 is 0. The Kier molecular flexibility index (Phi) is 15.2. The van der Waals surface area contributed by atoms with Crippen LogP contribution >= 0.6 is 0 Å². The number of carbonyl (C=O) groups excluding carboxylic acids is 1. The summed E-state index contributed by atoms with van der Waals surface area (Å²) in [6, 6.07) is 35.0. The Morgan fingerprint density at radius 3 is 1.70 bits per heavy atom. The first kappa shape index (κ1) is 44.2. The largest absolute Gasteiger partial charge is 0.493 e. The highest BCUT2D eigenvalue weighted by atomic mass is 16.5. The molecule has 0 spiro atoms. The van der Waals surface area contributed by atoms with Gasteiger partial charge in [-0.15, -0.1) is 0 Å². The predicted octanol–water partition coefficient (Wildman–Crippen LogP) is 9.28. The molecule has 318 valence electrons. The van der Waals surface area contributed by atoms with Crippen LogP contribution in [0.2, 0.25) is 0 Å². The van der Waals surface area contributed by atoms with Gasteiger partial charge in [-0.2, -0.15) is 0 Å². The normalized spacial score (nSPS) is 10.8. The van der Waals surface area contributed by atoms with E-state index in [1.165, 1.54) is 40.6 Å². The zero-order valence-corrected chi connectivity index (χ0v) is 35.0. The van der Waals surface area contributed by atoms with E-state index in [0.717, 1.165) is 38.7 Å². The van der Waals surface area contributed by atoms with Crippen LogP contribution in [0, 0.1) is 6.08 Å². The number of fused-ring (bicyclic) bond motifs is 2. The highest BCUT2D eigenvalue weighted by molar-refractivity contribution is 6.09. The molecule has 4 N–H and O–H groups in total. The summed E-state index contributed by atoms with van der Waals surface area (Å²) in [5.41, 5.74) is 11.7. The van der Waals surface area contributed by atoms with E-state index in [1.807, 2.05) is 97.1 Å². The third-order valence-electron chi connectivity index (χ3n) is 9.45. The Hall–Kier alpha value is -8.41. The fraction of sp³-hybridized carbons (Fsp3) is 0.120. The Morgan fingerprint density at radius 2 is 1.17 bits per heavy atom. The van der Waals surface area contributed by atoms with Crippen molar-refractivity contribution < 1.29 is 43.1 Å². The van der Waals surface area contributed by atoms with Crippen molar-refractivity contribution in [2.45, 2.75) is 13.2 Å². The lowest BCUT2D eigenvalue weighted by atomic mass is 10.0. The number of methoxy groups -OCH3 is 4. The van der Waals surface area contributed by atoms with Crippen LogP contribution < -0.4 is 39.5 Å². The minimum Gasteiger partial charge on any atom is -0.493 e. The van der Waals surface area contributed by atoms with Gasteiger partial charge in [0.25, 0.3) is 5.91 Å². The molecule has 8 rings (SSSR count). The van der Waals surface area contributed by atoms with E-state index < -0.39 is 5.97 Å². The van der Waals surface area contributed by atoms with Crippen LogP contribution in [0.25, 0.3) is 22.5 Å². The Bertz CT molecular complexity index is 2670. The summed E-state index contributed by atoms with van der Waals surface area (Å²) in [6.45, 7) is 0.684. The van der Waals surface area contributed by atoms with Gasteiger partial charge in [-0.1, -0.05) is 72.8 Å². The van der Waals surface area contributed by atoms with Crippen LogP contribution in [-0.2, 0) is 13.2 Å². The molecule has 0 saturated carbocycles. The lowest BCUT2D eigenvalue weighted by Gasteiger charge is -2.16. The molecular formula is C50H45N4O9+. The number of nitrogens with zero attached hydrogens (tertiary/aromatic N) is 2. The number of aromatic nitrogens is 2. The van der Waals surface area contributed by atoms with Gasteiger partial charge in [-0.3, -0.25) is 9.78 Å². The number of nitrogens with one attached hydrogen (secondary N) is 1. The van der Waals surface area contributed by atoms with Crippen molar-refractivity contribution in [1.29, 1.82) is 0 Å². The van der Waals surface area contributed by atoms with Crippen molar-refractivity contribution in [3.05, 3.63) is 186 Å². The second-order valence-corrected chi connectivity index (χ2v) is 13.5. The number of allylic oxidation sites excluding steroid dienone is 2. The average Bonchev–Trinajstić information content (AvgIpc) is 3.33. The molecule has 0 bridgehead atoms. The van der Waals surface area contributed by atoms with Gasteiger partial charge < -0.3 is 44.6 Å². The summed E-state index contributed by atoms with van der Waals surface area (Å²) in [5, 5.41) is 13.9. The minimum absolute atomic E-state index is 0.0794. The molecule has 2 heterocycles. The van der Waals surface area contributed by atoms with E-state index >= 15 is 0 Å². The summed E-state index contributed by atoms with van der Waals surface area (Å²) in [7, 11) is 5.97. The number of aromatic carboxylic acids is 1. The van der Waals surface area contributed by atoms with Crippen molar-refractivity contribution in [2.75, 3.05) is 33.8 Å². The number of hydrogen-bond acceptors (Lipinski definition) is 11. The molecule has 1 amide bonds. The molecule has 5 aromatic carbocycles. The second kappa shape index (κ2) is 21.7. The van der Waals surface area contributed by atoms with E-state index in [4.69, 9.17) is 39.3 Å². The SMILES string of the molecule is COc1cc(C(=O)Nc2cccc3cnccc23)cc(OC)c1OCc1ccccc1.COc1cc(C(=O)O)cc(OC)c1OCc1ccccc1.NC1=C[C+]=Cc2cnccc21. The van der Waals surface area contributed by atoms with Crippen molar-refractivity contribution in [3.63, 3.8) is 0 Å². The van der Waals surface area contributed by atoms with E-state index in [2.05, 4.69) is 21.4 Å². The number of rotatable bonds is 13. The quantitative estimate of drug-likeness (QED) is 0.0941. The first-order chi connectivity index (χ1) is 30.7. The molecule has 0 atom stereocenters. The topological polar surface area (TPSA) is 174 Å². The van der Waals surface area contributed by atoms with Crippen LogP contribution in [0.15, 0.2) is 146 Å². The van der Waals surface area contributed by atoms with Gasteiger partial charge in [0.05, 0.1) is 40.2 Å². The smallest absolute Gasteiger partial charge is 0.335 e. The van der Waals surface area contributed by atoms with Gasteiger partial charge in [-0.05, 0) is 53.6 Å². The van der Waals surface area contributed by atoms with Crippen molar-refractivity contribution >= 4 is 40.1 Å². The maximum atomic E-state index is 13.0. The highest BCUT2D eigenvalue weighted by Crippen LogP contribution is 2.40. The summed E-state index contributed by atoms with van der Waals surface area (Å²) in [6.07, 6.45) is 13.6. The lowest BCUT2D eigenvalue weighted by molar-refractivity contribution is 0.0695. The Balaban J connectivity index is 0.000000177. The van der Waals surface area contributed by atoms with Gasteiger partial charge in [-0.25, -0.2) is 9.78 Å². The van der Waals surface area contributed by atoms with Gasteiger partial charge in [0.15, 0.2) is 28.7 Å². The number of pyridine rings is 2. The maximum Gasteiger partial charge on any atom is 0.335 e. The van der Waals surface area contributed by atoms with Gasteiger partial charge in [0, 0.05) is 46.7 Å². The number of carbonyl (C=O) groups is 2. The number of anilines is 1. The standard InChI is InChI=1S/C25H22N2O4.C16H16O5.C9H7N2/c1-29-22-13-19(14-23(30-2)24(22)31-16-17-7-4-3-5-8-17)25(28)27-21-10-6-9-18-15-26-12-11-20(18)21;1-19-13-8-12(16(17)18)9-14(20-2)15(13)21-10-11-6-4-3-5-7-11;10-9-3-1-2-7-6-11-5-4-8(7)9/h3-15H,16H2,1-2H3,(H,27,28);3-9H,10H2,1-2H3,(H,17,18);2-6H,10H2/q;;+1. The van der Waals surface area contributed by atoms with Crippen LogP contribution in [0.4, 0.5) is 5.69 Å². The van der Waals surface area contributed by atoms with Crippen molar-refractivity contribution in [1.82, 2.24) is 9.97 Å². The van der Waals surface area contributed by atoms with Gasteiger partial charge in [0.1, 0.15) is 36.5 Å². The summed E-state index contributed by atoms with van der Waals surface area (Å²) in [5.74, 6) is 0.975. The maximum absolute atomic E-state index is 13.0. The van der Waals surface area contributed by atoms with Crippen molar-refractivity contribution in [3.8, 4) is 34.5 Å². The van der Waals surface area contributed by atoms with E-state index in [1.54, 1.807) is 43.0 Å². The molecule has 0 radical (unpaired) electrons. The number of ether oxygens (including phenoxy) is 6. The van der Waals surface area contributed by atoms with Gasteiger partial charge in [0.2, 0.25) is 11.5 Å². The molecule has 1 aliphatic rings. The number of nitrogens with two attached hydrogens (primary N) is 1. The molecule has 2 aromatic heterocycles. The zero-order chi connectivity index (χ0) is 44.6. The lowest BCUT2D eigenvalue weighted by Crippen LogP contribution is -2.13. The second-order valence-electron chi connectivity index (χ2n) is 13.5. The van der Waals surface area contributed by atoms with Crippen LogP contribution in [-0.4, -0.2) is 55.4 Å². The molecular weight excluding hydrogens is 801 g/mol. The molecule has 13 heteroatoms. The molecule has 0 aliphatic heterocycles. The number of carboxylic acid groups (broad SMARTS) is 1. The van der Waals surface area contributed by atoms with Gasteiger partial charge >= 0.3 is 5.97 Å². The molecule has 13 nitrogen and oxygen atoms in total. The molecule has 7 aromatic rings. The molecule has 0 unspecified atom stereocenters. The summed E-state index contributed by atoms with van der Waals surface area (Å²) < 4.78 is 33.1. The Labute approximate surface area is 365 Å². The predicted molar refractivity (Wildman–Crippen MR) is 241 cm³/mol. The summed E-state index contributed by atoms with van der Waals surface area (Å²) in [4.78, 5) is 32.2. The van der Waals surface area contributed by atoms with Crippen LogP contribution in [0.3, 0.4) is 0 Å². The van der Waals surface area contributed by atoms with E-state index in [0.29, 0.717) is 59.0 Å². The molecule has 63 heavy (non-hydrogen) atoms. The first-order valence-electron chi connectivity index (χ1n) is 19.4.